The summed E-state index contributed by atoms with van der Waals surface area (Å²) in [7, 11) is 0. The molecule has 3 heteroatoms. The summed E-state index contributed by atoms with van der Waals surface area (Å²) < 4.78 is 5.25. The van der Waals surface area contributed by atoms with Crippen molar-refractivity contribution in [2.24, 2.45) is 0 Å². The van der Waals surface area contributed by atoms with Crippen LogP contribution in [0.1, 0.15) is 24.1 Å². The fourth-order valence-corrected chi connectivity index (χ4v) is 2.83. The maximum atomic E-state index is 6.16. The molecule has 0 amide bonds. The van der Waals surface area contributed by atoms with E-state index in [0.717, 1.165) is 12.1 Å². The van der Waals surface area contributed by atoms with Crippen molar-refractivity contribution >= 4 is 22.4 Å². The van der Waals surface area contributed by atoms with Crippen molar-refractivity contribution in [3.63, 3.8) is 0 Å². The number of nitrogens with one attached hydrogen (secondary N) is 1. The highest BCUT2D eigenvalue weighted by Gasteiger charge is 2.19. The van der Waals surface area contributed by atoms with Crippen molar-refractivity contribution in [1.29, 1.82) is 0 Å². The first-order chi connectivity index (χ1) is 9.81. The lowest BCUT2D eigenvalue weighted by Gasteiger charge is -2.19. The van der Waals surface area contributed by atoms with Gasteiger partial charge in [-0.1, -0.05) is 49.4 Å². The van der Waals surface area contributed by atoms with E-state index in [1.54, 1.807) is 6.26 Å². The summed E-state index contributed by atoms with van der Waals surface area (Å²) in [4.78, 5) is 0. The molecule has 0 fully saturated rings. The van der Waals surface area contributed by atoms with Crippen LogP contribution in [-0.4, -0.2) is 6.54 Å². The molecule has 1 heterocycles. The Kier molecular flexibility index (Phi) is 3.77. The number of furan rings is 1. The molecular weight excluding hydrogens is 270 g/mol. The minimum atomic E-state index is 0.0392. The van der Waals surface area contributed by atoms with E-state index in [0.29, 0.717) is 5.22 Å². The lowest BCUT2D eigenvalue weighted by atomic mass is 9.95. The zero-order valence-corrected chi connectivity index (χ0v) is 12.0. The van der Waals surface area contributed by atoms with Gasteiger partial charge in [-0.25, -0.2) is 0 Å². The molecule has 1 aromatic heterocycles. The number of benzene rings is 2. The standard InChI is InChI=1S/C17H16ClNO/c1-2-19-16(15-10-11-20-17(15)18)14-9-5-7-12-6-3-4-8-13(12)14/h3-11,16,19H,2H2,1H3. The topological polar surface area (TPSA) is 25.2 Å². The third kappa shape index (κ3) is 2.33. The number of fused-ring (bicyclic) bond motifs is 1. The van der Waals surface area contributed by atoms with E-state index < -0.39 is 0 Å². The van der Waals surface area contributed by atoms with Crippen LogP contribution in [0.5, 0.6) is 0 Å². The fraction of sp³-hybridized carbons (Fsp3) is 0.176. The van der Waals surface area contributed by atoms with E-state index in [4.69, 9.17) is 16.0 Å². The molecule has 3 rings (SSSR count). The van der Waals surface area contributed by atoms with Crippen LogP contribution >= 0.6 is 11.6 Å². The van der Waals surface area contributed by atoms with E-state index in [9.17, 15) is 0 Å². The Morgan fingerprint density at radius 2 is 1.85 bits per heavy atom. The molecule has 20 heavy (non-hydrogen) atoms. The molecule has 1 atom stereocenters. The van der Waals surface area contributed by atoms with Crippen LogP contribution in [0, 0.1) is 0 Å². The average Bonchev–Trinajstić information content (AvgIpc) is 2.90. The molecule has 3 aromatic rings. The molecule has 0 bridgehead atoms. The lowest BCUT2D eigenvalue weighted by molar-refractivity contribution is 0.555. The molecule has 2 nitrogen and oxygen atoms in total. The minimum Gasteiger partial charge on any atom is -0.453 e. The highest BCUT2D eigenvalue weighted by molar-refractivity contribution is 6.29. The molecular formula is C17H16ClNO. The molecule has 0 aliphatic carbocycles. The second-order valence-electron chi connectivity index (χ2n) is 4.71. The second-order valence-corrected chi connectivity index (χ2v) is 5.05. The largest absolute Gasteiger partial charge is 0.453 e. The fourth-order valence-electron chi connectivity index (χ4n) is 2.60. The van der Waals surface area contributed by atoms with Crippen LogP contribution in [0.3, 0.4) is 0 Å². The van der Waals surface area contributed by atoms with Gasteiger partial charge in [0.2, 0.25) is 0 Å². The highest BCUT2D eigenvalue weighted by Crippen LogP contribution is 2.33. The molecule has 0 aliphatic rings. The van der Waals surface area contributed by atoms with Crippen LogP contribution in [0.25, 0.3) is 10.8 Å². The Bertz CT molecular complexity index is 714. The summed E-state index contributed by atoms with van der Waals surface area (Å²) >= 11 is 6.16. The van der Waals surface area contributed by atoms with Gasteiger partial charge in [0.05, 0.1) is 12.3 Å². The summed E-state index contributed by atoms with van der Waals surface area (Å²) in [5.41, 5.74) is 2.19. The SMILES string of the molecule is CCNC(c1ccoc1Cl)c1cccc2ccccc12. The van der Waals surface area contributed by atoms with Crippen molar-refractivity contribution in [3.8, 4) is 0 Å². The lowest BCUT2D eigenvalue weighted by Crippen LogP contribution is -2.22. The quantitative estimate of drug-likeness (QED) is 0.746. The van der Waals surface area contributed by atoms with Gasteiger partial charge in [-0.2, -0.15) is 0 Å². The second kappa shape index (κ2) is 5.70. The summed E-state index contributed by atoms with van der Waals surface area (Å²) in [6.45, 7) is 2.95. The van der Waals surface area contributed by atoms with Crippen LogP contribution in [0.2, 0.25) is 5.22 Å². The molecule has 0 radical (unpaired) electrons. The van der Waals surface area contributed by atoms with Crippen LogP contribution in [0.15, 0.2) is 59.2 Å². The van der Waals surface area contributed by atoms with Crippen molar-refractivity contribution in [2.75, 3.05) is 6.54 Å². The molecule has 0 spiro atoms. The number of halogens is 1. The third-order valence-electron chi connectivity index (χ3n) is 3.50. The third-order valence-corrected chi connectivity index (χ3v) is 3.81. The van der Waals surface area contributed by atoms with Crippen molar-refractivity contribution in [3.05, 3.63) is 71.1 Å². The monoisotopic (exact) mass is 285 g/mol. The van der Waals surface area contributed by atoms with Crippen LogP contribution in [0.4, 0.5) is 0 Å². The normalized spacial score (nSPS) is 12.7. The first-order valence-corrected chi connectivity index (χ1v) is 7.13. The average molecular weight is 286 g/mol. The van der Waals surface area contributed by atoms with Crippen molar-refractivity contribution < 1.29 is 4.42 Å². The Labute approximate surface area is 123 Å². The molecule has 102 valence electrons. The summed E-state index contributed by atoms with van der Waals surface area (Å²) in [6.07, 6.45) is 1.63. The van der Waals surface area contributed by atoms with Gasteiger partial charge >= 0.3 is 0 Å². The van der Waals surface area contributed by atoms with E-state index in [2.05, 4.69) is 54.7 Å². The summed E-state index contributed by atoms with van der Waals surface area (Å²) in [5.74, 6) is 0. The number of hydrogen-bond donors (Lipinski definition) is 1. The Morgan fingerprint density at radius 1 is 1.05 bits per heavy atom. The Hall–Kier alpha value is -1.77. The summed E-state index contributed by atoms with van der Waals surface area (Å²) in [6, 6.07) is 16.7. The minimum absolute atomic E-state index is 0.0392. The predicted octanol–water partition coefficient (Wildman–Crippen LogP) is 4.79. The molecule has 0 saturated carbocycles. The molecule has 0 saturated heterocycles. The van der Waals surface area contributed by atoms with Gasteiger partial charge in [0, 0.05) is 5.56 Å². The first-order valence-electron chi connectivity index (χ1n) is 6.75. The van der Waals surface area contributed by atoms with E-state index in [1.165, 1.54) is 16.3 Å². The molecule has 1 unspecified atom stereocenters. The Morgan fingerprint density at radius 3 is 2.60 bits per heavy atom. The van der Waals surface area contributed by atoms with Gasteiger partial charge in [-0.05, 0) is 40.5 Å². The van der Waals surface area contributed by atoms with Crippen LogP contribution < -0.4 is 5.32 Å². The highest BCUT2D eigenvalue weighted by atomic mass is 35.5. The van der Waals surface area contributed by atoms with Gasteiger partial charge in [0.1, 0.15) is 0 Å². The molecule has 1 N–H and O–H groups in total. The maximum absolute atomic E-state index is 6.16. The zero-order valence-electron chi connectivity index (χ0n) is 11.3. The zero-order chi connectivity index (χ0) is 13.9. The first kappa shape index (κ1) is 13.2. The summed E-state index contributed by atoms with van der Waals surface area (Å²) in [5, 5.41) is 6.40. The predicted molar refractivity (Wildman–Crippen MR) is 83.2 cm³/mol. The van der Waals surface area contributed by atoms with Gasteiger partial charge in [-0.3, -0.25) is 0 Å². The van der Waals surface area contributed by atoms with Gasteiger partial charge in [0.15, 0.2) is 5.22 Å². The van der Waals surface area contributed by atoms with E-state index in [-0.39, 0.29) is 6.04 Å². The maximum Gasteiger partial charge on any atom is 0.198 e. The molecule has 2 aromatic carbocycles. The Balaban J connectivity index is 2.17. The smallest absolute Gasteiger partial charge is 0.198 e. The number of hydrogen-bond acceptors (Lipinski definition) is 2. The van der Waals surface area contributed by atoms with E-state index >= 15 is 0 Å². The van der Waals surface area contributed by atoms with Gasteiger partial charge in [-0.15, -0.1) is 0 Å². The van der Waals surface area contributed by atoms with Crippen molar-refractivity contribution in [1.82, 2.24) is 5.32 Å². The molecule has 0 aliphatic heterocycles. The van der Waals surface area contributed by atoms with Crippen LogP contribution in [-0.2, 0) is 0 Å². The van der Waals surface area contributed by atoms with Gasteiger partial charge in [0.25, 0.3) is 0 Å². The van der Waals surface area contributed by atoms with Gasteiger partial charge < -0.3 is 9.73 Å². The van der Waals surface area contributed by atoms with Crippen molar-refractivity contribution in [2.45, 2.75) is 13.0 Å². The van der Waals surface area contributed by atoms with E-state index in [1.807, 2.05) is 6.07 Å². The number of rotatable bonds is 4.